The topological polar surface area (TPSA) is 35.6 Å². The molecule has 5 rings (SSSR count). The molecule has 0 saturated carbocycles. The zero-order chi connectivity index (χ0) is 19.3. The van der Waals surface area contributed by atoms with Crippen molar-refractivity contribution in [1.82, 2.24) is 9.80 Å². The van der Waals surface area contributed by atoms with Gasteiger partial charge in [-0.25, -0.2) is 4.39 Å². The van der Waals surface area contributed by atoms with Gasteiger partial charge in [0, 0.05) is 38.1 Å². The number of anilines is 1. The summed E-state index contributed by atoms with van der Waals surface area (Å²) in [4.78, 5) is 17.7. The van der Waals surface area contributed by atoms with Crippen LogP contribution in [-0.2, 0) is 6.42 Å². The Labute approximate surface area is 189 Å². The first-order valence-electron chi connectivity index (χ1n) is 10.2. The number of hydrogen-bond donors (Lipinski definition) is 1. The van der Waals surface area contributed by atoms with Crippen molar-refractivity contribution in [1.29, 1.82) is 0 Å². The van der Waals surface area contributed by atoms with Crippen molar-refractivity contribution in [2.75, 3.05) is 38.5 Å². The average molecular weight is 452 g/mol. The Balaban J connectivity index is 0.00000128. The van der Waals surface area contributed by atoms with E-state index in [-0.39, 0.29) is 42.6 Å². The zero-order valence-corrected chi connectivity index (χ0v) is 18.6. The number of benzene rings is 2. The second-order valence-electron chi connectivity index (χ2n) is 8.44. The highest BCUT2D eigenvalue weighted by atomic mass is 35.5. The van der Waals surface area contributed by atoms with Gasteiger partial charge < -0.3 is 10.2 Å². The lowest BCUT2D eigenvalue weighted by Gasteiger charge is -2.28. The van der Waals surface area contributed by atoms with E-state index in [0.29, 0.717) is 11.8 Å². The lowest BCUT2D eigenvalue weighted by atomic mass is 9.89. The summed E-state index contributed by atoms with van der Waals surface area (Å²) in [5.74, 6) is 0.724. The van der Waals surface area contributed by atoms with Gasteiger partial charge in [0.2, 0.25) is 0 Å². The number of aryl methyl sites for hydroxylation is 1. The van der Waals surface area contributed by atoms with Gasteiger partial charge in [0.25, 0.3) is 5.91 Å². The molecule has 0 aromatic heterocycles. The fraction of sp³-hybridized carbons (Fsp3) is 0.435. The number of halogens is 3. The van der Waals surface area contributed by atoms with E-state index in [1.54, 1.807) is 12.1 Å². The maximum atomic E-state index is 13.8. The SMILES string of the molecule is CN1C[C@H]2CN(C(=O)c3cccc4c3NCCC4)C[C@H]2[C@@H]1c1cccc(F)c1.Cl.Cl. The van der Waals surface area contributed by atoms with Gasteiger partial charge in [0.1, 0.15) is 5.82 Å². The van der Waals surface area contributed by atoms with Gasteiger partial charge in [-0.3, -0.25) is 9.69 Å². The monoisotopic (exact) mass is 451 g/mol. The summed E-state index contributed by atoms with van der Waals surface area (Å²) >= 11 is 0. The Hall–Kier alpha value is -1.82. The summed E-state index contributed by atoms with van der Waals surface area (Å²) in [7, 11) is 2.11. The summed E-state index contributed by atoms with van der Waals surface area (Å²) in [5, 5.41) is 3.44. The van der Waals surface area contributed by atoms with Crippen LogP contribution < -0.4 is 5.32 Å². The van der Waals surface area contributed by atoms with Gasteiger partial charge in [-0.2, -0.15) is 0 Å². The first-order chi connectivity index (χ1) is 13.6. The quantitative estimate of drug-likeness (QED) is 0.734. The van der Waals surface area contributed by atoms with Crippen molar-refractivity contribution in [2.45, 2.75) is 18.9 Å². The third-order valence-corrected chi connectivity index (χ3v) is 6.68. The summed E-state index contributed by atoms with van der Waals surface area (Å²) < 4.78 is 13.8. The first kappa shape index (κ1) is 22.9. The van der Waals surface area contributed by atoms with Gasteiger partial charge in [-0.05, 0) is 55.1 Å². The number of hydrogen-bond acceptors (Lipinski definition) is 3. The second kappa shape index (κ2) is 9.13. The molecular weight excluding hydrogens is 424 g/mol. The number of carbonyl (C=O) groups is 1. The fourth-order valence-electron chi connectivity index (χ4n) is 5.47. The van der Waals surface area contributed by atoms with E-state index < -0.39 is 0 Å². The second-order valence-corrected chi connectivity index (χ2v) is 8.44. The highest BCUT2D eigenvalue weighted by Crippen LogP contribution is 2.44. The normalized spacial score (nSPS) is 24.9. The predicted molar refractivity (Wildman–Crippen MR) is 122 cm³/mol. The molecular formula is C23H28Cl2FN3O. The number of para-hydroxylation sites is 1. The van der Waals surface area contributed by atoms with Crippen LogP contribution in [0.5, 0.6) is 0 Å². The van der Waals surface area contributed by atoms with Crippen molar-refractivity contribution in [3.63, 3.8) is 0 Å². The lowest BCUT2D eigenvalue weighted by Crippen LogP contribution is -2.34. The van der Waals surface area contributed by atoms with Gasteiger partial charge in [-0.15, -0.1) is 24.8 Å². The van der Waals surface area contributed by atoms with E-state index in [9.17, 15) is 9.18 Å². The molecule has 3 aliphatic rings. The molecule has 30 heavy (non-hydrogen) atoms. The van der Waals surface area contributed by atoms with Crippen LogP contribution in [0.25, 0.3) is 0 Å². The Morgan fingerprint density at radius 1 is 1.10 bits per heavy atom. The molecule has 3 aliphatic heterocycles. The molecule has 0 bridgehead atoms. The number of carbonyl (C=O) groups excluding carboxylic acids is 1. The van der Waals surface area contributed by atoms with Crippen molar-refractivity contribution in [3.8, 4) is 0 Å². The molecule has 0 radical (unpaired) electrons. The first-order valence-corrected chi connectivity index (χ1v) is 10.2. The van der Waals surface area contributed by atoms with Crippen molar-refractivity contribution in [3.05, 3.63) is 65.0 Å². The molecule has 7 heteroatoms. The number of nitrogens with zero attached hydrogens (tertiary/aromatic N) is 2. The van der Waals surface area contributed by atoms with Gasteiger partial charge in [-0.1, -0.05) is 24.3 Å². The number of amides is 1. The highest BCUT2D eigenvalue weighted by molar-refractivity contribution is 6.00. The maximum Gasteiger partial charge on any atom is 0.255 e. The summed E-state index contributed by atoms with van der Waals surface area (Å²) in [5.41, 5.74) is 4.08. The van der Waals surface area contributed by atoms with E-state index in [1.807, 2.05) is 23.1 Å². The summed E-state index contributed by atoms with van der Waals surface area (Å²) in [6, 6.07) is 13.2. The molecule has 1 amide bonds. The van der Waals surface area contributed by atoms with Crippen LogP contribution in [0.1, 0.15) is 33.9 Å². The summed E-state index contributed by atoms with van der Waals surface area (Å²) in [6.07, 6.45) is 2.14. The van der Waals surface area contributed by atoms with Crippen LogP contribution in [-0.4, -0.2) is 48.9 Å². The van der Waals surface area contributed by atoms with E-state index >= 15 is 0 Å². The largest absolute Gasteiger partial charge is 0.384 e. The molecule has 3 atom stereocenters. The zero-order valence-electron chi connectivity index (χ0n) is 17.0. The van der Waals surface area contributed by atoms with Crippen LogP contribution in [0.15, 0.2) is 42.5 Å². The standard InChI is InChI=1S/C23H26FN3O.2ClH/c1-26-12-17-13-27(14-20(17)22(26)16-6-2-8-18(24)11-16)23(28)19-9-3-5-15-7-4-10-25-21(15)19;;/h2-3,5-6,8-9,11,17,20,22,25H,4,7,10,12-14H2,1H3;2*1H/t17-,20+,22-;;/m0../s1. The van der Waals surface area contributed by atoms with Crippen molar-refractivity contribution in [2.24, 2.45) is 11.8 Å². The number of likely N-dealkylation sites (tertiary alicyclic amines) is 2. The molecule has 4 nitrogen and oxygen atoms in total. The number of nitrogens with one attached hydrogen (secondary N) is 1. The van der Waals surface area contributed by atoms with Crippen LogP contribution in [0.4, 0.5) is 10.1 Å². The minimum absolute atomic E-state index is 0. The lowest BCUT2D eigenvalue weighted by molar-refractivity contribution is 0.0768. The van der Waals surface area contributed by atoms with Gasteiger partial charge >= 0.3 is 0 Å². The fourth-order valence-corrected chi connectivity index (χ4v) is 5.47. The summed E-state index contributed by atoms with van der Waals surface area (Å²) in [6.45, 7) is 3.39. The van der Waals surface area contributed by atoms with Crippen molar-refractivity contribution >= 4 is 36.4 Å². The van der Waals surface area contributed by atoms with Gasteiger partial charge in [0.15, 0.2) is 0 Å². The minimum Gasteiger partial charge on any atom is -0.384 e. The van der Waals surface area contributed by atoms with Gasteiger partial charge in [0.05, 0.1) is 11.3 Å². The molecule has 162 valence electrons. The molecule has 2 saturated heterocycles. The molecule has 2 aromatic rings. The molecule has 2 aromatic carbocycles. The van der Waals surface area contributed by atoms with Crippen LogP contribution in [0.3, 0.4) is 0 Å². The number of fused-ring (bicyclic) bond motifs is 2. The van der Waals surface area contributed by atoms with E-state index in [0.717, 1.165) is 55.8 Å². The van der Waals surface area contributed by atoms with E-state index in [2.05, 4.69) is 23.3 Å². The molecule has 0 aliphatic carbocycles. The Morgan fingerprint density at radius 2 is 1.90 bits per heavy atom. The Bertz CT molecular complexity index is 925. The van der Waals surface area contributed by atoms with Crippen LogP contribution in [0, 0.1) is 17.7 Å². The molecule has 1 N–H and O–H groups in total. The molecule has 2 fully saturated rings. The average Bonchev–Trinajstić information content (AvgIpc) is 3.23. The molecule has 0 unspecified atom stereocenters. The van der Waals surface area contributed by atoms with Crippen molar-refractivity contribution < 1.29 is 9.18 Å². The highest BCUT2D eigenvalue weighted by Gasteiger charge is 2.47. The minimum atomic E-state index is -0.192. The number of rotatable bonds is 2. The smallest absolute Gasteiger partial charge is 0.255 e. The molecule has 0 spiro atoms. The maximum absolute atomic E-state index is 13.8. The predicted octanol–water partition coefficient (Wildman–Crippen LogP) is 4.40. The molecule has 3 heterocycles. The van der Waals surface area contributed by atoms with Crippen LogP contribution in [0.2, 0.25) is 0 Å². The van der Waals surface area contributed by atoms with E-state index in [1.165, 1.54) is 11.6 Å². The van der Waals surface area contributed by atoms with Crippen LogP contribution >= 0.6 is 24.8 Å². The third kappa shape index (κ3) is 3.91. The Kier molecular flexibility index (Phi) is 6.95. The Morgan fingerprint density at radius 3 is 2.70 bits per heavy atom. The third-order valence-electron chi connectivity index (χ3n) is 6.68. The van der Waals surface area contributed by atoms with E-state index in [4.69, 9.17) is 0 Å².